The van der Waals surface area contributed by atoms with Crippen LogP contribution in [0.4, 0.5) is 0 Å². The van der Waals surface area contributed by atoms with Gasteiger partial charge in [0.05, 0.1) is 29.5 Å². The molecule has 24 heavy (non-hydrogen) atoms. The third kappa shape index (κ3) is 3.65. The molecule has 0 aliphatic rings. The molecule has 0 aliphatic carbocycles. The molecule has 0 fully saturated rings. The fraction of sp³-hybridized carbons (Fsp3) is 0.235. The Morgan fingerprint density at radius 3 is 3.00 bits per heavy atom. The summed E-state index contributed by atoms with van der Waals surface area (Å²) >= 11 is 6.02. The predicted molar refractivity (Wildman–Crippen MR) is 92.5 cm³/mol. The minimum absolute atomic E-state index is 0.119. The van der Waals surface area contributed by atoms with Gasteiger partial charge >= 0.3 is 0 Å². The number of nitrogens with zero attached hydrogens (tertiary/aromatic N) is 4. The molecule has 0 atom stereocenters. The van der Waals surface area contributed by atoms with Gasteiger partial charge in [-0.1, -0.05) is 17.7 Å². The van der Waals surface area contributed by atoms with E-state index in [-0.39, 0.29) is 5.91 Å². The van der Waals surface area contributed by atoms with Crippen molar-refractivity contribution in [3.05, 3.63) is 65.5 Å². The normalized spacial score (nSPS) is 10.8. The van der Waals surface area contributed by atoms with Crippen LogP contribution >= 0.6 is 11.6 Å². The van der Waals surface area contributed by atoms with Crippen LogP contribution in [0, 0.1) is 6.92 Å². The van der Waals surface area contributed by atoms with E-state index in [1.54, 1.807) is 29.5 Å². The monoisotopic (exact) mass is 343 g/mol. The van der Waals surface area contributed by atoms with E-state index in [4.69, 9.17) is 11.6 Å². The zero-order chi connectivity index (χ0) is 16.9. The Morgan fingerprint density at radius 1 is 1.38 bits per heavy atom. The van der Waals surface area contributed by atoms with Crippen LogP contribution in [0.15, 0.2) is 49.2 Å². The van der Waals surface area contributed by atoms with Crippen LogP contribution in [0.5, 0.6) is 0 Å². The van der Waals surface area contributed by atoms with Crippen LogP contribution in [0.25, 0.3) is 5.69 Å². The van der Waals surface area contributed by atoms with Crippen molar-refractivity contribution >= 4 is 17.5 Å². The number of halogens is 1. The van der Waals surface area contributed by atoms with Crippen molar-refractivity contribution in [2.45, 2.75) is 19.9 Å². The maximum Gasteiger partial charge on any atom is 0.254 e. The summed E-state index contributed by atoms with van der Waals surface area (Å²) in [7, 11) is 0. The van der Waals surface area contributed by atoms with Crippen molar-refractivity contribution < 1.29 is 4.79 Å². The molecule has 1 N–H and O–H groups in total. The number of nitrogens with one attached hydrogen (secondary N) is 1. The van der Waals surface area contributed by atoms with Crippen molar-refractivity contribution in [3.63, 3.8) is 0 Å². The molecular weight excluding hydrogens is 326 g/mol. The fourth-order valence-corrected chi connectivity index (χ4v) is 2.66. The predicted octanol–water partition coefficient (Wildman–Crippen LogP) is 2.85. The average molecular weight is 344 g/mol. The molecule has 2 aromatic heterocycles. The van der Waals surface area contributed by atoms with Crippen LogP contribution in [0.2, 0.25) is 5.02 Å². The van der Waals surface area contributed by atoms with Crippen molar-refractivity contribution in [2.24, 2.45) is 0 Å². The van der Waals surface area contributed by atoms with E-state index in [1.165, 1.54) is 0 Å². The molecule has 2 heterocycles. The summed E-state index contributed by atoms with van der Waals surface area (Å²) in [5.41, 5.74) is 2.18. The van der Waals surface area contributed by atoms with Crippen LogP contribution in [-0.2, 0) is 6.54 Å². The van der Waals surface area contributed by atoms with Crippen LogP contribution in [0.3, 0.4) is 0 Å². The number of carbonyl (C=O) groups excluding carboxylic acids is 1. The number of hydrogen-bond acceptors (Lipinski definition) is 3. The quantitative estimate of drug-likeness (QED) is 0.700. The lowest BCUT2D eigenvalue weighted by Crippen LogP contribution is -2.25. The molecule has 1 aromatic carbocycles. The summed E-state index contributed by atoms with van der Waals surface area (Å²) in [6.07, 6.45) is 7.83. The first kappa shape index (κ1) is 16.3. The number of hydrogen-bond donors (Lipinski definition) is 1. The van der Waals surface area contributed by atoms with Gasteiger partial charge in [0.2, 0.25) is 0 Å². The number of rotatable bonds is 6. The topological polar surface area (TPSA) is 64.7 Å². The lowest BCUT2D eigenvalue weighted by atomic mass is 10.2. The molecule has 0 saturated heterocycles. The molecule has 0 bridgehead atoms. The maximum atomic E-state index is 12.3. The molecule has 124 valence electrons. The highest BCUT2D eigenvalue weighted by molar-refractivity contribution is 6.30. The van der Waals surface area contributed by atoms with Gasteiger partial charge in [-0.2, -0.15) is 5.10 Å². The zero-order valence-electron chi connectivity index (χ0n) is 13.3. The number of aryl methyl sites for hydroxylation is 1. The number of carbonyl (C=O) groups is 1. The first-order chi connectivity index (χ1) is 11.6. The number of aromatic nitrogens is 4. The highest BCUT2D eigenvalue weighted by Gasteiger charge is 2.14. The third-order valence-electron chi connectivity index (χ3n) is 3.75. The highest BCUT2D eigenvalue weighted by atomic mass is 35.5. The molecule has 1 amide bonds. The minimum atomic E-state index is -0.119. The molecule has 0 unspecified atom stereocenters. The number of benzene rings is 1. The molecule has 7 heteroatoms. The third-order valence-corrected chi connectivity index (χ3v) is 3.98. The maximum absolute atomic E-state index is 12.3. The summed E-state index contributed by atoms with van der Waals surface area (Å²) in [6.45, 7) is 3.29. The Bertz CT molecular complexity index is 825. The SMILES string of the molecule is Cc1c(C(=O)NCCCn2ccnc2)cnn1-c1cccc(Cl)c1. The summed E-state index contributed by atoms with van der Waals surface area (Å²) in [5, 5.41) is 7.86. The van der Waals surface area contributed by atoms with Crippen molar-refractivity contribution in [1.29, 1.82) is 0 Å². The largest absolute Gasteiger partial charge is 0.352 e. The first-order valence-electron chi connectivity index (χ1n) is 7.69. The van der Waals surface area contributed by atoms with E-state index in [2.05, 4.69) is 15.4 Å². The number of imidazole rings is 1. The van der Waals surface area contributed by atoms with Crippen LogP contribution in [0.1, 0.15) is 22.5 Å². The van der Waals surface area contributed by atoms with Gasteiger partial charge in [-0.25, -0.2) is 9.67 Å². The fourth-order valence-electron chi connectivity index (χ4n) is 2.48. The Morgan fingerprint density at radius 2 is 2.25 bits per heavy atom. The van der Waals surface area contributed by atoms with Gasteiger partial charge in [0, 0.05) is 30.5 Å². The highest BCUT2D eigenvalue weighted by Crippen LogP contribution is 2.17. The summed E-state index contributed by atoms with van der Waals surface area (Å²) in [5.74, 6) is -0.119. The molecule has 0 spiro atoms. The van der Waals surface area contributed by atoms with Gasteiger partial charge in [-0.15, -0.1) is 0 Å². The van der Waals surface area contributed by atoms with Gasteiger partial charge in [0.1, 0.15) is 0 Å². The summed E-state index contributed by atoms with van der Waals surface area (Å²) < 4.78 is 3.70. The molecule has 0 aliphatic heterocycles. The van der Waals surface area contributed by atoms with Crippen molar-refractivity contribution in [3.8, 4) is 5.69 Å². The van der Waals surface area contributed by atoms with Gasteiger partial charge < -0.3 is 9.88 Å². The van der Waals surface area contributed by atoms with E-state index in [1.807, 2.05) is 35.9 Å². The van der Waals surface area contributed by atoms with Crippen molar-refractivity contribution in [1.82, 2.24) is 24.6 Å². The molecule has 0 radical (unpaired) electrons. The average Bonchev–Trinajstić information content (AvgIpc) is 3.21. The molecule has 6 nitrogen and oxygen atoms in total. The van der Waals surface area contributed by atoms with E-state index < -0.39 is 0 Å². The zero-order valence-corrected chi connectivity index (χ0v) is 14.1. The Labute approximate surface area is 145 Å². The minimum Gasteiger partial charge on any atom is -0.352 e. The second-order valence-electron chi connectivity index (χ2n) is 5.45. The standard InChI is InChI=1S/C17H18ClN5O/c1-13-16(11-21-23(13)15-5-2-4-14(18)10-15)17(24)20-6-3-8-22-9-7-19-12-22/h2,4-5,7,9-12H,3,6,8H2,1H3,(H,20,24). The van der Waals surface area contributed by atoms with E-state index >= 15 is 0 Å². The second kappa shape index (κ2) is 7.31. The smallest absolute Gasteiger partial charge is 0.254 e. The Hall–Kier alpha value is -2.60. The Balaban J connectivity index is 1.61. The second-order valence-corrected chi connectivity index (χ2v) is 5.88. The summed E-state index contributed by atoms with van der Waals surface area (Å²) in [6, 6.07) is 7.37. The van der Waals surface area contributed by atoms with Crippen LogP contribution in [-0.4, -0.2) is 31.8 Å². The van der Waals surface area contributed by atoms with E-state index in [9.17, 15) is 4.79 Å². The molecule has 3 rings (SSSR count). The summed E-state index contributed by atoms with van der Waals surface area (Å²) in [4.78, 5) is 16.3. The van der Waals surface area contributed by atoms with Crippen LogP contribution < -0.4 is 5.32 Å². The number of amides is 1. The lowest BCUT2D eigenvalue weighted by molar-refractivity contribution is 0.0952. The lowest BCUT2D eigenvalue weighted by Gasteiger charge is -2.07. The van der Waals surface area contributed by atoms with Gasteiger partial charge in [-0.3, -0.25) is 4.79 Å². The molecular formula is C17H18ClN5O. The molecule has 0 saturated carbocycles. The van der Waals surface area contributed by atoms with Gasteiger partial charge in [0.25, 0.3) is 5.91 Å². The van der Waals surface area contributed by atoms with Gasteiger partial charge in [-0.05, 0) is 31.5 Å². The van der Waals surface area contributed by atoms with Gasteiger partial charge in [0.15, 0.2) is 0 Å². The van der Waals surface area contributed by atoms with E-state index in [0.29, 0.717) is 17.1 Å². The first-order valence-corrected chi connectivity index (χ1v) is 8.07. The Kier molecular flexibility index (Phi) is 4.96. The van der Waals surface area contributed by atoms with E-state index in [0.717, 1.165) is 24.3 Å². The molecule has 3 aromatic rings. The van der Waals surface area contributed by atoms with Crippen molar-refractivity contribution in [2.75, 3.05) is 6.54 Å².